The van der Waals surface area contributed by atoms with E-state index in [1.54, 1.807) is 0 Å². The molecule has 0 heterocycles. The molecule has 0 spiro atoms. The van der Waals surface area contributed by atoms with Crippen LogP contribution in [0, 0.1) is 0 Å². The smallest absolute Gasteiger partial charge is 0.243 e. The molecule has 0 fully saturated rings. The van der Waals surface area contributed by atoms with Gasteiger partial charge in [-0.05, 0) is 78.1 Å². The van der Waals surface area contributed by atoms with Gasteiger partial charge in [0.15, 0.2) is 6.29 Å². The standard InChI is InChI=1S/C42H79N7O13/c1-7-61-39(62-8-2)19-15-24-57-26-28-59-30-31-60-29-27-58-25-23-46-40(54)36(16-9-12-20-43-32(3)50)48-42(56)38(18-11-14-22-45-34(5)52)49-41(55)37(47-35(6)53)17-10-13-21-44-33(4)51/h36-39H,7-31H2,1-6H3,(H,43,50)(H,44,51)(H,45,52)(H,46,54)(H,47,53)(H,48,56)(H,49,55). The van der Waals surface area contributed by atoms with E-state index < -0.39 is 41.8 Å². The van der Waals surface area contributed by atoms with Crippen LogP contribution in [0.2, 0.25) is 0 Å². The van der Waals surface area contributed by atoms with Crippen molar-refractivity contribution in [2.24, 2.45) is 0 Å². The van der Waals surface area contributed by atoms with E-state index in [0.29, 0.717) is 118 Å². The van der Waals surface area contributed by atoms with E-state index in [4.69, 9.17) is 28.4 Å². The lowest BCUT2D eigenvalue weighted by atomic mass is 10.0. The fraction of sp³-hybridized carbons (Fsp3) is 0.833. The lowest BCUT2D eigenvalue weighted by Crippen LogP contribution is -2.56. The van der Waals surface area contributed by atoms with Crippen molar-refractivity contribution in [3.63, 3.8) is 0 Å². The van der Waals surface area contributed by atoms with Crippen molar-refractivity contribution in [2.45, 2.75) is 137 Å². The molecule has 62 heavy (non-hydrogen) atoms. The van der Waals surface area contributed by atoms with Crippen LogP contribution < -0.4 is 37.2 Å². The Morgan fingerprint density at radius 2 is 0.742 bits per heavy atom. The van der Waals surface area contributed by atoms with Crippen molar-refractivity contribution in [3.05, 3.63) is 0 Å². The quantitative estimate of drug-likeness (QED) is 0.0331. The van der Waals surface area contributed by atoms with Crippen molar-refractivity contribution < 1.29 is 62.0 Å². The third-order valence-corrected chi connectivity index (χ3v) is 8.94. The predicted molar refractivity (Wildman–Crippen MR) is 232 cm³/mol. The Bertz CT molecular complexity index is 1240. The lowest BCUT2D eigenvalue weighted by molar-refractivity contribution is -0.141. The Kier molecular flexibility index (Phi) is 37.3. The second-order valence-corrected chi connectivity index (χ2v) is 14.5. The minimum Gasteiger partial charge on any atom is -0.379 e. The van der Waals surface area contributed by atoms with E-state index in [1.165, 1.54) is 27.7 Å². The molecule has 0 aliphatic carbocycles. The van der Waals surface area contributed by atoms with Crippen molar-refractivity contribution in [1.29, 1.82) is 0 Å². The Labute approximate surface area is 368 Å². The highest BCUT2D eigenvalue weighted by atomic mass is 16.7. The number of hydrogen-bond donors (Lipinski definition) is 7. The van der Waals surface area contributed by atoms with Gasteiger partial charge < -0.3 is 65.6 Å². The molecule has 3 unspecified atom stereocenters. The Morgan fingerprint density at radius 1 is 0.371 bits per heavy atom. The first-order valence-corrected chi connectivity index (χ1v) is 22.2. The average molecular weight is 890 g/mol. The van der Waals surface area contributed by atoms with Gasteiger partial charge in [-0.3, -0.25) is 33.6 Å². The zero-order chi connectivity index (χ0) is 46.2. The summed E-state index contributed by atoms with van der Waals surface area (Å²) in [6.07, 6.45) is 5.29. The molecule has 7 N–H and O–H groups in total. The summed E-state index contributed by atoms with van der Waals surface area (Å²) in [5.41, 5.74) is 0. The summed E-state index contributed by atoms with van der Waals surface area (Å²) in [5, 5.41) is 19.1. The molecule has 0 aliphatic rings. The number of amides is 7. The average Bonchev–Trinajstić information content (AvgIpc) is 3.21. The largest absolute Gasteiger partial charge is 0.379 e. The summed E-state index contributed by atoms with van der Waals surface area (Å²) in [5.74, 6) is -2.54. The van der Waals surface area contributed by atoms with E-state index in [9.17, 15) is 33.6 Å². The number of carbonyl (C=O) groups excluding carboxylic acids is 7. The van der Waals surface area contributed by atoms with Crippen LogP contribution in [0.3, 0.4) is 0 Å². The number of carbonyl (C=O) groups is 7. The molecule has 0 aromatic carbocycles. The van der Waals surface area contributed by atoms with Crippen molar-refractivity contribution in [1.82, 2.24) is 37.2 Å². The minimum absolute atomic E-state index is 0.168. The van der Waals surface area contributed by atoms with Crippen molar-refractivity contribution in [3.8, 4) is 0 Å². The monoisotopic (exact) mass is 890 g/mol. The normalized spacial score (nSPS) is 12.5. The van der Waals surface area contributed by atoms with Crippen LogP contribution in [0.15, 0.2) is 0 Å². The molecule has 7 amide bonds. The lowest BCUT2D eigenvalue weighted by Gasteiger charge is -2.25. The molecule has 0 saturated carbocycles. The van der Waals surface area contributed by atoms with Crippen LogP contribution in [0.5, 0.6) is 0 Å². The van der Waals surface area contributed by atoms with Gasteiger partial charge in [0.25, 0.3) is 0 Å². The summed E-state index contributed by atoms with van der Waals surface area (Å²) < 4.78 is 33.3. The number of ether oxygens (including phenoxy) is 6. The fourth-order valence-corrected chi connectivity index (χ4v) is 5.88. The maximum Gasteiger partial charge on any atom is 0.243 e. The van der Waals surface area contributed by atoms with Gasteiger partial charge >= 0.3 is 0 Å². The molecule has 0 aromatic heterocycles. The number of nitrogens with one attached hydrogen (secondary N) is 7. The highest BCUT2D eigenvalue weighted by Gasteiger charge is 2.29. The number of unbranched alkanes of at least 4 members (excludes halogenated alkanes) is 3. The van der Waals surface area contributed by atoms with Crippen LogP contribution in [0.4, 0.5) is 0 Å². The van der Waals surface area contributed by atoms with E-state index in [2.05, 4.69) is 37.2 Å². The predicted octanol–water partition coefficient (Wildman–Crippen LogP) is 0.742. The Morgan fingerprint density at radius 3 is 1.13 bits per heavy atom. The molecule has 0 bridgehead atoms. The van der Waals surface area contributed by atoms with Crippen LogP contribution in [0.25, 0.3) is 0 Å². The molecule has 0 aromatic rings. The molecule has 3 atom stereocenters. The molecule has 0 aliphatic heterocycles. The van der Waals surface area contributed by atoms with Gasteiger partial charge in [0.2, 0.25) is 41.4 Å². The summed E-state index contributed by atoms with van der Waals surface area (Å²) in [6.45, 7) is 15.1. The first kappa shape index (κ1) is 58.0. The van der Waals surface area contributed by atoms with E-state index in [1.807, 2.05) is 13.8 Å². The fourth-order valence-electron chi connectivity index (χ4n) is 5.88. The van der Waals surface area contributed by atoms with Crippen molar-refractivity contribution >= 4 is 41.4 Å². The maximum atomic E-state index is 13.8. The highest BCUT2D eigenvalue weighted by molar-refractivity contribution is 5.94. The third-order valence-electron chi connectivity index (χ3n) is 8.94. The molecule has 0 rings (SSSR count). The molecule has 20 heteroatoms. The van der Waals surface area contributed by atoms with E-state index in [-0.39, 0.29) is 56.4 Å². The molecule has 0 saturated heterocycles. The van der Waals surface area contributed by atoms with Gasteiger partial charge in [-0.15, -0.1) is 0 Å². The molecular weight excluding hydrogens is 810 g/mol. The van der Waals surface area contributed by atoms with Crippen molar-refractivity contribution in [2.75, 3.05) is 92.2 Å². The zero-order valence-corrected chi connectivity index (χ0v) is 38.3. The van der Waals surface area contributed by atoms with E-state index >= 15 is 0 Å². The number of hydrogen-bond acceptors (Lipinski definition) is 13. The van der Waals surface area contributed by atoms with Gasteiger partial charge in [0, 0.05) is 80.1 Å². The maximum absolute atomic E-state index is 13.8. The molecule has 0 radical (unpaired) electrons. The van der Waals surface area contributed by atoms with Gasteiger partial charge in [-0.1, -0.05) is 0 Å². The molecule has 360 valence electrons. The van der Waals surface area contributed by atoms with Crippen LogP contribution in [-0.4, -0.2) is 158 Å². The summed E-state index contributed by atoms with van der Waals surface area (Å²) in [7, 11) is 0. The number of rotatable bonds is 41. The molecule has 20 nitrogen and oxygen atoms in total. The zero-order valence-electron chi connectivity index (χ0n) is 38.3. The summed E-state index contributed by atoms with van der Waals surface area (Å²) in [6, 6.07) is -2.94. The Balaban J connectivity index is 5.07. The topological polar surface area (TPSA) is 259 Å². The molecular formula is C42H79N7O13. The van der Waals surface area contributed by atoms with Crippen LogP contribution in [-0.2, 0) is 62.0 Å². The Hall–Kier alpha value is -3.95. The second kappa shape index (κ2) is 39.9. The highest BCUT2D eigenvalue weighted by Crippen LogP contribution is 2.09. The third kappa shape index (κ3) is 35.6. The first-order valence-electron chi connectivity index (χ1n) is 22.2. The van der Waals surface area contributed by atoms with Gasteiger partial charge in [0.05, 0.1) is 46.2 Å². The van der Waals surface area contributed by atoms with E-state index in [0.717, 1.165) is 12.8 Å². The second-order valence-electron chi connectivity index (χ2n) is 14.5. The van der Waals surface area contributed by atoms with Gasteiger partial charge in [0.1, 0.15) is 18.1 Å². The SMILES string of the molecule is CCOC(CCCOCCOCCOCCOCCNC(=O)C(CCCCNC(C)=O)NC(=O)C(CCCCNC(C)=O)NC(=O)C(CCCCNC(C)=O)NC(C)=O)OCC. The summed E-state index contributed by atoms with van der Waals surface area (Å²) in [4.78, 5) is 86.6. The van der Waals surface area contributed by atoms with Gasteiger partial charge in [-0.25, -0.2) is 0 Å². The van der Waals surface area contributed by atoms with Gasteiger partial charge in [-0.2, -0.15) is 0 Å². The van der Waals surface area contributed by atoms with Crippen LogP contribution in [0.1, 0.15) is 112 Å². The first-order chi connectivity index (χ1) is 29.8. The minimum atomic E-state index is -1.05. The summed E-state index contributed by atoms with van der Waals surface area (Å²) >= 11 is 0. The van der Waals surface area contributed by atoms with Crippen LogP contribution >= 0.6 is 0 Å².